The molecule has 0 amide bonds. The zero-order valence-corrected chi connectivity index (χ0v) is 24.3. The predicted molar refractivity (Wildman–Crippen MR) is 155 cm³/mol. The van der Waals surface area contributed by atoms with Crippen LogP contribution in [0.15, 0.2) is 44.5 Å². The third-order valence-electron chi connectivity index (χ3n) is 10.1. The number of hydrogen-bond donors (Lipinski definition) is 1. The molecule has 0 radical (unpaired) electrons. The molecule has 3 aromatic carbocycles. The van der Waals surface area contributed by atoms with E-state index < -0.39 is 16.6 Å². The summed E-state index contributed by atoms with van der Waals surface area (Å²) in [5, 5.41) is 11.6. The number of hydrogen-bond acceptors (Lipinski definition) is 5. The van der Waals surface area contributed by atoms with Crippen LogP contribution in [0.2, 0.25) is 0 Å². The van der Waals surface area contributed by atoms with Gasteiger partial charge < -0.3 is 5.11 Å². The number of aliphatic hydroxyl groups is 1. The van der Waals surface area contributed by atoms with E-state index in [9.17, 15) is 19.5 Å². The lowest BCUT2D eigenvalue weighted by Crippen LogP contribution is -2.34. The Bertz CT molecular complexity index is 1750. The Labute approximate surface area is 229 Å². The summed E-state index contributed by atoms with van der Waals surface area (Å²) in [5.41, 5.74) is 3.56. The van der Waals surface area contributed by atoms with Crippen LogP contribution in [-0.4, -0.2) is 10.9 Å². The molecule has 3 aliphatic rings. The Morgan fingerprint density at radius 1 is 0.590 bits per heavy atom. The number of allylic oxidation sites excluding steroid dienone is 1. The number of Topliss-reactive ketones (excluding diaryl/α,β-unsaturated/α-hetero) is 1. The number of ketones is 1. The molecular weight excluding hydrogens is 486 g/mol. The number of benzene rings is 2. The van der Waals surface area contributed by atoms with E-state index in [1.54, 1.807) is 0 Å². The lowest BCUT2D eigenvalue weighted by Gasteiger charge is -2.42. The molecule has 3 aliphatic carbocycles. The van der Waals surface area contributed by atoms with E-state index in [1.807, 2.05) is 24.3 Å². The number of carbonyl (C=O) groups excluding carboxylic acids is 1. The monoisotopic (exact) mass is 523 g/mol. The van der Waals surface area contributed by atoms with Crippen LogP contribution in [0.3, 0.4) is 0 Å². The maximum Gasteiger partial charge on any atom is 0.216 e. The average Bonchev–Trinajstić information content (AvgIpc) is 3.24. The molecule has 5 nitrogen and oxygen atoms in total. The Balaban J connectivity index is 1.57. The van der Waals surface area contributed by atoms with E-state index in [0.29, 0.717) is 21.9 Å². The highest BCUT2D eigenvalue weighted by atomic mass is 16.3. The molecule has 0 saturated carbocycles. The molecule has 202 valence electrons. The first kappa shape index (κ1) is 25.9. The Morgan fingerprint density at radius 2 is 0.949 bits per heavy atom. The van der Waals surface area contributed by atoms with Crippen molar-refractivity contribution in [2.45, 2.75) is 103 Å². The van der Waals surface area contributed by atoms with Gasteiger partial charge in [0.25, 0.3) is 0 Å². The SMILES string of the molecule is CC1(C)CCC(C)(C)c2cc3c(cc21)C(=O)C(N=c1c(=O)c2cc4c(cc2c1=O)C(C)(C)CCC4(C)C)=C3O. The van der Waals surface area contributed by atoms with Crippen molar-refractivity contribution in [3.8, 4) is 0 Å². The lowest BCUT2D eigenvalue weighted by atomic mass is 9.62. The Kier molecular flexibility index (Phi) is 5.08. The van der Waals surface area contributed by atoms with Crippen LogP contribution in [0.5, 0.6) is 0 Å². The zero-order chi connectivity index (χ0) is 28.4. The first-order valence-electron chi connectivity index (χ1n) is 14.0. The first-order chi connectivity index (χ1) is 18.0. The second-order valence-electron chi connectivity index (χ2n) is 14.6. The van der Waals surface area contributed by atoms with Gasteiger partial charge in [-0.15, -0.1) is 0 Å². The number of nitrogens with zero attached hydrogens (tertiary/aromatic N) is 1. The molecule has 0 aromatic heterocycles. The summed E-state index contributed by atoms with van der Waals surface area (Å²) >= 11 is 0. The van der Waals surface area contributed by atoms with Crippen LogP contribution < -0.4 is 16.2 Å². The van der Waals surface area contributed by atoms with Gasteiger partial charge in [0.2, 0.25) is 16.6 Å². The van der Waals surface area contributed by atoms with Crippen molar-refractivity contribution in [3.63, 3.8) is 0 Å². The van der Waals surface area contributed by atoms with Gasteiger partial charge in [-0.25, -0.2) is 4.99 Å². The lowest BCUT2D eigenvalue weighted by molar-refractivity contribution is 0.103. The summed E-state index contributed by atoms with van der Waals surface area (Å²) in [6.07, 6.45) is 3.96. The Morgan fingerprint density at radius 3 is 1.36 bits per heavy atom. The second-order valence-corrected chi connectivity index (χ2v) is 14.6. The summed E-state index contributed by atoms with van der Waals surface area (Å²) in [6.45, 7) is 17.4. The fourth-order valence-corrected chi connectivity index (χ4v) is 7.03. The van der Waals surface area contributed by atoms with Gasteiger partial charge in [-0.3, -0.25) is 14.4 Å². The molecular formula is C34H37NO4. The molecule has 6 rings (SSSR count). The smallest absolute Gasteiger partial charge is 0.216 e. The van der Waals surface area contributed by atoms with Crippen LogP contribution in [0.1, 0.15) is 119 Å². The summed E-state index contributed by atoms with van der Waals surface area (Å²) in [7, 11) is 0. The van der Waals surface area contributed by atoms with Crippen molar-refractivity contribution >= 4 is 22.3 Å². The standard InChI is InChI=1S/C34H37NO4/c1-31(2)9-10-32(3,4)22-14-18-17(13-21(22)31)27(36)25(28(18)37)35-26-29(38)19-15-23-24(16-20(19)30(26)39)34(7,8)12-11-33(23,5)6/h13-16,36H,9-12H2,1-8H3. The predicted octanol–water partition coefficient (Wildman–Crippen LogP) is 6.16. The molecule has 0 unspecified atom stereocenters. The van der Waals surface area contributed by atoms with Crippen LogP contribution in [0.4, 0.5) is 0 Å². The highest BCUT2D eigenvalue weighted by Crippen LogP contribution is 2.49. The van der Waals surface area contributed by atoms with Crippen molar-refractivity contribution < 1.29 is 9.90 Å². The molecule has 0 spiro atoms. The van der Waals surface area contributed by atoms with E-state index in [2.05, 4.69) is 60.4 Å². The van der Waals surface area contributed by atoms with Crippen molar-refractivity contribution in [2.24, 2.45) is 4.99 Å². The van der Waals surface area contributed by atoms with Crippen LogP contribution >= 0.6 is 0 Å². The molecule has 1 N–H and O–H groups in total. The molecule has 0 atom stereocenters. The fraction of sp³-hybridized carbons (Fsp3) is 0.471. The fourth-order valence-electron chi connectivity index (χ4n) is 7.03. The summed E-state index contributed by atoms with van der Waals surface area (Å²) in [4.78, 5) is 45.0. The quantitative estimate of drug-likeness (QED) is 0.414. The van der Waals surface area contributed by atoms with E-state index >= 15 is 0 Å². The highest BCUT2D eigenvalue weighted by Gasteiger charge is 2.41. The normalized spacial score (nSPS) is 22.0. The number of aliphatic hydroxyl groups excluding tert-OH is 1. The van der Waals surface area contributed by atoms with Crippen LogP contribution in [0.25, 0.3) is 16.5 Å². The molecule has 0 aliphatic heterocycles. The van der Waals surface area contributed by atoms with Gasteiger partial charge in [0.15, 0.2) is 16.8 Å². The molecule has 0 fully saturated rings. The third kappa shape index (κ3) is 3.51. The molecule has 3 aromatic rings. The van der Waals surface area contributed by atoms with Crippen LogP contribution in [-0.2, 0) is 21.7 Å². The zero-order valence-electron chi connectivity index (χ0n) is 24.3. The second kappa shape index (κ2) is 7.65. The summed E-state index contributed by atoms with van der Waals surface area (Å²) in [6, 6.07) is 7.54. The number of carbonyl (C=O) groups is 1. The van der Waals surface area contributed by atoms with Gasteiger partial charge in [0.05, 0.1) is 0 Å². The van der Waals surface area contributed by atoms with Crippen molar-refractivity contribution in [3.05, 3.63) is 89.1 Å². The Hall–Kier alpha value is -3.34. The van der Waals surface area contributed by atoms with Crippen LogP contribution in [0, 0.1) is 0 Å². The van der Waals surface area contributed by atoms with Gasteiger partial charge in [-0.2, -0.15) is 0 Å². The molecule has 39 heavy (non-hydrogen) atoms. The van der Waals surface area contributed by atoms with Crippen molar-refractivity contribution in [1.82, 2.24) is 0 Å². The topological polar surface area (TPSA) is 83.8 Å². The van der Waals surface area contributed by atoms with E-state index in [0.717, 1.165) is 47.9 Å². The van der Waals surface area contributed by atoms with E-state index in [-0.39, 0.29) is 38.5 Å². The number of rotatable bonds is 1. The molecule has 0 heterocycles. The molecule has 0 saturated heterocycles. The van der Waals surface area contributed by atoms with E-state index in [1.165, 1.54) is 0 Å². The van der Waals surface area contributed by atoms with Gasteiger partial charge in [0, 0.05) is 21.9 Å². The minimum absolute atomic E-state index is 0.0997. The summed E-state index contributed by atoms with van der Waals surface area (Å²) in [5.74, 6) is -0.710. The van der Waals surface area contributed by atoms with Crippen molar-refractivity contribution in [2.75, 3.05) is 0 Å². The van der Waals surface area contributed by atoms with Gasteiger partial charge in [-0.05, 0) is 93.9 Å². The third-order valence-corrected chi connectivity index (χ3v) is 10.1. The minimum atomic E-state index is -0.484. The first-order valence-corrected chi connectivity index (χ1v) is 14.0. The maximum absolute atomic E-state index is 13.6. The average molecular weight is 524 g/mol. The number of fused-ring (bicyclic) bond motifs is 4. The minimum Gasteiger partial charge on any atom is -0.505 e. The highest BCUT2D eigenvalue weighted by molar-refractivity contribution is 6.19. The van der Waals surface area contributed by atoms with E-state index in [4.69, 9.17) is 0 Å². The molecule has 5 heteroatoms. The molecule has 0 bridgehead atoms. The van der Waals surface area contributed by atoms with Gasteiger partial charge >= 0.3 is 0 Å². The largest absolute Gasteiger partial charge is 0.505 e. The van der Waals surface area contributed by atoms with Gasteiger partial charge in [0.1, 0.15) is 0 Å². The maximum atomic E-state index is 13.6. The summed E-state index contributed by atoms with van der Waals surface area (Å²) < 4.78 is 0. The van der Waals surface area contributed by atoms with Crippen molar-refractivity contribution in [1.29, 1.82) is 0 Å². The van der Waals surface area contributed by atoms with Gasteiger partial charge in [-0.1, -0.05) is 55.4 Å².